The Hall–Kier alpha value is -3.61. The second-order valence-corrected chi connectivity index (χ2v) is 8.72. The van der Waals surface area contributed by atoms with E-state index in [1.165, 1.54) is 4.90 Å². The van der Waals surface area contributed by atoms with Gasteiger partial charge in [-0.25, -0.2) is 9.69 Å². The van der Waals surface area contributed by atoms with Crippen molar-refractivity contribution in [1.29, 1.82) is 0 Å². The third-order valence-electron chi connectivity index (χ3n) is 6.77. The van der Waals surface area contributed by atoms with E-state index in [0.717, 1.165) is 35.0 Å². The average Bonchev–Trinajstić information content (AvgIpc) is 3.47. The molecule has 2 N–H and O–H groups in total. The SMILES string of the molecule is C[C@]12C(=O)N(c3ccc(C(=O)NC4CC4)cc3)C(=O)N1CCc1c2[nH]c2ccccc12. The highest BCUT2D eigenvalue weighted by Gasteiger charge is 2.59. The lowest BCUT2D eigenvalue weighted by Crippen LogP contribution is -2.49. The maximum atomic E-state index is 13.6. The van der Waals surface area contributed by atoms with Gasteiger partial charge in [0.15, 0.2) is 5.54 Å². The number of urea groups is 1. The Kier molecular flexibility index (Phi) is 3.64. The number of nitrogens with one attached hydrogen (secondary N) is 2. The normalized spacial score (nSPS) is 22.6. The van der Waals surface area contributed by atoms with Gasteiger partial charge in [-0.15, -0.1) is 0 Å². The molecule has 0 bridgehead atoms. The van der Waals surface area contributed by atoms with Gasteiger partial charge in [-0.2, -0.15) is 0 Å². The first-order valence-corrected chi connectivity index (χ1v) is 10.7. The lowest BCUT2D eigenvalue weighted by atomic mass is 9.87. The number of benzene rings is 2. The zero-order chi connectivity index (χ0) is 21.3. The van der Waals surface area contributed by atoms with Gasteiger partial charge in [-0.3, -0.25) is 9.59 Å². The number of nitrogens with zero attached hydrogens (tertiary/aromatic N) is 2. The Morgan fingerprint density at radius 3 is 2.58 bits per heavy atom. The standard InChI is InChI=1S/C24H22N4O3/c1-24-20-18(17-4-2-3-5-19(17)26-20)12-13-27(24)23(31)28(22(24)30)16-10-6-14(7-11-16)21(29)25-15-8-9-15/h2-7,10-11,15,26H,8-9,12-13H2,1H3,(H,25,29)/t24-/m0/s1. The summed E-state index contributed by atoms with van der Waals surface area (Å²) < 4.78 is 0. The fourth-order valence-corrected chi connectivity index (χ4v) is 4.88. The van der Waals surface area contributed by atoms with Crippen LogP contribution in [0.3, 0.4) is 0 Å². The zero-order valence-electron chi connectivity index (χ0n) is 17.1. The van der Waals surface area contributed by atoms with Gasteiger partial charge in [0.2, 0.25) is 0 Å². The van der Waals surface area contributed by atoms with E-state index in [1.807, 2.05) is 31.2 Å². The molecule has 31 heavy (non-hydrogen) atoms. The number of rotatable bonds is 3. The second kappa shape index (κ2) is 6.20. The van der Waals surface area contributed by atoms with Crippen LogP contribution in [-0.4, -0.2) is 40.3 Å². The minimum Gasteiger partial charge on any atom is -0.356 e. The van der Waals surface area contributed by atoms with Gasteiger partial charge >= 0.3 is 6.03 Å². The van der Waals surface area contributed by atoms with E-state index in [9.17, 15) is 14.4 Å². The van der Waals surface area contributed by atoms with Crippen LogP contribution >= 0.6 is 0 Å². The van der Waals surface area contributed by atoms with Crippen molar-refractivity contribution >= 4 is 34.4 Å². The fourth-order valence-electron chi connectivity index (χ4n) is 4.88. The summed E-state index contributed by atoms with van der Waals surface area (Å²) in [6.45, 7) is 2.30. The van der Waals surface area contributed by atoms with Crippen molar-refractivity contribution in [3.8, 4) is 0 Å². The largest absolute Gasteiger partial charge is 0.356 e. The van der Waals surface area contributed by atoms with Crippen molar-refractivity contribution in [2.45, 2.75) is 37.8 Å². The van der Waals surface area contributed by atoms with Crippen LogP contribution in [0.15, 0.2) is 48.5 Å². The summed E-state index contributed by atoms with van der Waals surface area (Å²) in [6.07, 6.45) is 2.73. The maximum Gasteiger partial charge on any atom is 0.332 e. The number of fused-ring (bicyclic) bond motifs is 5. The predicted molar refractivity (Wildman–Crippen MR) is 116 cm³/mol. The quantitative estimate of drug-likeness (QED) is 0.645. The summed E-state index contributed by atoms with van der Waals surface area (Å²) in [5.41, 5.74) is 2.79. The van der Waals surface area contributed by atoms with Gasteiger partial charge in [-0.05, 0) is 62.1 Å². The molecule has 2 aliphatic heterocycles. The number of aromatic nitrogens is 1. The fraction of sp³-hybridized carbons (Fsp3) is 0.292. The highest BCUT2D eigenvalue weighted by molar-refractivity contribution is 6.23. The van der Waals surface area contributed by atoms with Gasteiger partial charge < -0.3 is 15.2 Å². The molecule has 1 aliphatic carbocycles. The summed E-state index contributed by atoms with van der Waals surface area (Å²) >= 11 is 0. The Balaban J connectivity index is 1.37. The number of carbonyl (C=O) groups excluding carboxylic acids is 3. The maximum absolute atomic E-state index is 13.6. The van der Waals surface area contributed by atoms with E-state index >= 15 is 0 Å². The molecule has 1 atom stereocenters. The molecule has 0 radical (unpaired) electrons. The second-order valence-electron chi connectivity index (χ2n) is 8.72. The number of amides is 4. The minimum atomic E-state index is -1.08. The molecule has 4 amide bonds. The van der Waals surface area contributed by atoms with Crippen LogP contribution in [0.1, 0.15) is 41.4 Å². The third-order valence-corrected chi connectivity index (χ3v) is 6.77. The molecule has 3 aromatic rings. The van der Waals surface area contributed by atoms with Crippen molar-refractivity contribution in [3.63, 3.8) is 0 Å². The van der Waals surface area contributed by atoms with Crippen LogP contribution in [0.25, 0.3) is 10.9 Å². The van der Waals surface area contributed by atoms with Gasteiger partial charge in [-0.1, -0.05) is 18.2 Å². The van der Waals surface area contributed by atoms with Crippen molar-refractivity contribution in [2.75, 3.05) is 11.4 Å². The van der Waals surface area contributed by atoms with E-state index in [2.05, 4.69) is 10.3 Å². The number of anilines is 1. The molecule has 1 saturated carbocycles. The molecule has 3 heterocycles. The van der Waals surface area contributed by atoms with Gasteiger partial charge in [0.05, 0.1) is 11.4 Å². The number of imide groups is 1. The van der Waals surface area contributed by atoms with E-state index in [4.69, 9.17) is 0 Å². The number of H-pyrrole nitrogens is 1. The number of hydrogen-bond acceptors (Lipinski definition) is 3. The van der Waals surface area contributed by atoms with Crippen LogP contribution < -0.4 is 10.2 Å². The summed E-state index contributed by atoms with van der Waals surface area (Å²) in [6, 6.07) is 14.6. The zero-order valence-corrected chi connectivity index (χ0v) is 17.1. The van der Waals surface area contributed by atoms with Crippen molar-refractivity contribution in [3.05, 3.63) is 65.4 Å². The first-order chi connectivity index (χ1) is 15.0. The topological polar surface area (TPSA) is 85.5 Å². The molecule has 0 spiro atoms. The number of hydrogen-bond donors (Lipinski definition) is 2. The van der Waals surface area contributed by atoms with Crippen molar-refractivity contribution < 1.29 is 14.4 Å². The Labute approximate surface area is 179 Å². The molecular weight excluding hydrogens is 392 g/mol. The molecule has 1 aromatic heterocycles. The molecular formula is C24H22N4O3. The highest BCUT2D eigenvalue weighted by Crippen LogP contribution is 2.45. The van der Waals surface area contributed by atoms with Crippen molar-refractivity contribution in [2.24, 2.45) is 0 Å². The average molecular weight is 414 g/mol. The van der Waals surface area contributed by atoms with Crippen molar-refractivity contribution in [1.82, 2.24) is 15.2 Å². The summed E-state index contributed by atoms with van der Waals surface area (Å²) in [5.74, 6) is -0.402. The predicted octanol–water partition coefficient (Wildman–Crippen LogP) is 3.30. The summed E-state index contributed by atoms with van der Waals surface area (Å²) in [4.78, 5) is 45.5. The number of carbonyl (C=O) groups is 3. The van der Waals surface area contributed by atoms with Gasteiger partial charge in [0, 0.05) is 29.1 Å². The molecule has 6 rings (SSSR count). The molecule has 2 fully saturated rings. The monoisotopic (exact) mass is 414 g/mol. The first-order valence-electron chi connectivity index (χ1n) is 10.7. The van der Waals surface area contributed by atoms with Crippen LogP contribution in [0.4, 0.5) is 10.5 Å². The highest BCUT2D eigenvalue weighted by atomic mass is 16.2. The molecule has 3 aliphatic rings. The Morgan fingerprint density at radius 2 is 1.84 bits per heavy atom. The molecule has 2 aromatic carbocycles. The lowest BCUT2D eigenvalue weighted by molar-refractivity contribution is -0.125. The number of para-hydroxylation sites is 1. The van der Waals surface area contributed by atoms with Gasteiger partial charge in [0.1, 0.15) is 0 Å². The van der Waals surface area contributed by atoms with E-state index < -0.39 is 5.54 Å². The van der Waals surface area contributed by atoms with E-state index in [0.29, 0.717) is 24.2 Å². The number of aromatic amines is 1. The molecule has 0 unspecified atom stereocenters. The molecule has 7 nitrogen and oxygen atoms in total. The van der Waals surface area contributed by atoms with Crippen LogP contribution in [0.2, 0.25) is 0 Å². The Morgan fingerprint density at radius 1 is 1.10 bits per heavy atom. The van der Waals surface area contributed by atoms with Crippen LogP contribution in [0.5, 0.6) is 0 Å². The van der Waals surface area contributed by atoms with E-state index in [1.54, 1.807) is 29.2 Å². The van der Waals surface area contributed by atoms with Gasteiger partial charge in [0.25, 0.3) is 11.8 Å². The van der Waals surface area contributed by atoms with E-state index in [-0.39, 0.29) is 23.9 Å². The molecule has 1 saturated heterocycles. The Bertz CT molecular complexity index is 1260. The molecule has 156 valence electrons. The lowest BCUT2D eigenvalue weighted by Gasteiger charge is -2.35. The summed E-state index contributed by atoms with van der Waals surface area (Å²) in [5, 5.41) is 4.05. The van der Waals surface area contributed by atoms with Crippen LogP contribution in [-0.2, 0) is 16.8 Å². The summed E-state index contributed by atoms with van der Waals surface area (Å²) in [7, 11) is 0. The van der Waals surface area contributed by atoms with Crippen LogP contribution in [0, 0.1) is 0 Å². The smallest absolute Gasteiger partial charge is 0.332 e. The molecule has 7 heteroatoms. The first kappa shape index (κ1) is 18.2. The minimum absolute atomic E-state index is 0.125. The third kappa shape index (κ3) is 2.49.